The van der Waals surface area contributed by atoms with E-state index < -0.39 is 0 Å². The number of fused-ring (bicyclic) bond motifs is 1. The standard InChI is InChI=1S/C14H18N4/c1-15-8-11-6-7-18(10-11)14-13-5-3-2-4-12(13)9-16-17-14/h2-5,9,11,15H,6-8,10H2,1H3. The zero-order valence-electron chi connectivity index (χ0n) is 10.6. The van der Waals surface area contributed by atoms with Gasteiger partial charge in [0.05, 0.1) is 6.20 Å². The first-order chi connectivity index (χ1) is 8.88. The van der Waals surface area contributed by atoms with Crippen molar-refractivity contribution in [2.24, 2.45) is 5.92 Å². The number of hydrogen-bond donors (Lipinski definition) is 1. The fourth-order valence-electron chi connectivity index (χ4n) is 2.73. The summed E-state index contributed by atoms with van der Waals surface area (Å²) in [6, 6.07) is 8.33. The van der Waals surface area contributed by atoms with E-state index in [0.717, 1.165) is 31.4 Å². The topological polar surface area (TPSA) is 41.0 Å². The minimum Gasteiger partial charge on any atom is -0.354 e. The average Bonchev–Trinajstić information content (AvgIpc) is 2.87. The van der Waals surface area contributed by atoms with Gasteiger partial charge in [0.15, 0.2) is 5.82 Å². The molecule has 1 aromatic carbocycles. The van der Waals surface area contributed by atoms with E-state index in [1.165, 1.54) is 17.2 Å². The van der Waals surface area contributed by atoms with Crippen LogP contribution in [0.5, 0.6) is 0 Å². The maximum Gasteiger partial charge on any atom is 0.159 e. The zero-order chi connectivity index (χ0) is 12.4. The molecule has 1 unspecified atom stereocenters. The van der Waals surface area contributed by atoms with E-state index in [0.29, 0.717) is 0 Å². The lowest BCUT2D eigenvalue weighted by atomic mass is 10.1. The average molecular weight is 242 g/mol. The van der Waals surface area contributed by atoms with E-state index in [9.17, 15) is 0 Å². The molecule has 18 heavy (non-hydrogen) atoms. The van der Waals surface area contributed by atoms with Crippen LogP contribution in [0, 0.1) is 5.92 Å². The summed E-state index contributed by atoms with van der Waals surface area (Å²) in [5.41, 5.74) is 0. The molecule has 2 aromatic rings. The van der Waals surface area contributed by atoms with Gasteiger partial charge in [0.25, 0.3) is 0 Å². The summed E-state index contributed by atoms with van der Waals surface area (Å²) in [6.45, 7) is 3.23. The van der Waals surface area contributed by atoms with E-state index in [-0.39, 0.29) is 0 Å². The van der Waals surface area contributed by atoms with E-state index in [2.05, 4.69) is 38.6 Å². The Hall–Kier alpha value is -1.68. The van der Waals surface area contributed by atoms with E-state index in [1.807, 2.05) is 19.3 Å². The zero-order valence-corrected chi connectivity index (χ0v) is 10.6. The number of anilines is 1. The Morgan fingerprint density at radius 2 is 2.28 bits per heavy atom. The molecule has 0 aliphatic carbocycles. The Labute approximate surface area is 107 Å². The van der Waals surface area contributed by atoms with Gasteiger partial charge in [-0.3, -0.25) is 0 Å². The van der Waals surface area contributed by atoms with Crippen LogP contribution in [0.1, 0.15) is 6.42 Å². The minimum atomic E-state index is 0.718. The van der Waals surface area contributed by atoms with Crippen LogP contribution < -0.4 is 10.2 Å². The molecule has 94 valence electrons. The molecular formula is C14H18N4. The lowest BCUT2D eigenvalue weighted by molar-refractivity contribution is 0.549. The lowest BCUT2D eigenvalue weighted by Crippen LogP contribution is -2.25. The number of aromatic nitrogens is 2. The molecule has 0 spiro atoms. The smallest absolute Gasteiger partial charge is 0.159 e. The lowest BCUT2D eigenvalue weighted by Gasteiger charge is -2.18. The highest BCUT2D eigenvalue weighted by Crippen LogP contribution is 2.27. The fourth-order valence-corrected chi connectivity index (χ4v) is 2.73. The summed E-state index contributed by atoms with van der Waals surface area (Å²) < 4.78 is 0. The van der Waals surface area contributed by atoms with Crippen molar-refractivity contribution in [2.75, 3.05) is 31.6 Å². The highest BCUT2D eigenvalue weighted by molar-refractivity contribution is 5.91. The Morgan fingerprint density at radius 1 is 1.39 bits per heavy atom. The maximum absolute atomic E-state index is 4.34. The first-order valence-corrected chi connectivity index (χ1v) is 6.48. The highest BCUT2D eigenvalue weighted by Gasteiger charge is 2.24. The van der Waals surface area contributed by atoms with Gasteiger partial charge >= 0.3 is 0 Å². The molecule has 2 heterocycles. The normalized spacial score (nSPS) is 19.6. The molecule has 0 saturated carbocycles. The molecule has 1 saturated heterocycles. The number of nitrogens with zero attached hydrogens (tertiary/aromatic N) is 3. The third-order valence-corrected chi connectivity index (χ3v) is 3.63. The molecule has 4 heteroatoms. The van der Waals surface area contributed by atoms with Crippen LogP contribution in [-0.4, -0.2) is 36.9 Å². The first-order valence-electron chi connectivity index (χ1n) is 6.48. The monoisotopic (exact) mass is 242 g/mol. The minimum absolute atomic E-state index is 0.718. The summed E-state index contributed by atoms with van der Waals surface area (Å²) in [5, 5.41) is 14.1. The summed E-state index contributed by atoms with van der Waals surface area (Å²) in [4.78, 5) is 2.36. The number of nitrogens with one attached hydrogen (secondary N) is 1. The maximum atomic E-state index is 4.34. The first kappa shape index (κ1) is 11.4. The van der Waals surface area contributed by atoms with Gasteiger partial charge in [0.2, 0.25) is 0 Å². The predicted molar refractivity (Wildman–Crippen MR) is 73.8 cm³/mol. The van der Waals surface area contributed by atoms with Gasteiger partial charge in [-0.1, -0.05) is 24.3 Å². The molecule has 0 radical (unpaired) electrons. The van der Waals surface area contributed by atoms with Crippen LogP contribution in [0.4, 0.5) is 5.82 Å². The Kier molecular flexibility index (Phi) is 3.11. The quantitative estimate of drug-likeness (QED) is 0.889. The Balaban J connectivity index is 1.91. The highest BCUT2D eigenvalue weighted by atomic mass is 15.3. The second kappa shape index (κ2) is 4.90. The van der Waals surface area contributed by atoms with Gasteiger partial charge in [-0.2, -0.15) is 5.10 Å². The van der Waals surface area contributed by atoms with Gasteiger partial charge in [-0.05, 0) is 25.9 Å². The molecule has 1 aliphatic heterocycles. The third kappa shape index (κ3) is 2.04. The largest absolute Gasteiger partial charge is 0.354 e. The Morgan fingerprint density at radius 3 is 3.17 bits per heavy atom. The van der Waals surface area contributed by atoms with Gasteiger partial charge in [-0.15, -0.1) is 5.10 Å². The van der Waals surface area contributed by atoms with E-state index in [4.69, 9.17) is 0 Å². The Bertz CT molecular complexity index is 535. The van der Waals surface area contributed by atoms with Crippen LogP contribution in [-0.2, 0) is 0 Å². The van der Waals surface area contributed by atoms with Crippen LogP contribution in [0.3, 0.4) is 0 Å². The second-order valence-electron chi connectivity index (χ2n) is 4.91. The number of rotatable bonds is 3. The van der Waals surface area contributed by atoms with Gasteiger partial charge in [0.1, 0.15) is 0 Å². The molecular weight excluding hydrogens is 224 g/mol. The van der Waals surface area contributed by atoms with Crippen molar-refractivity contribution in [3.8, 4) is 0 Å². The molecule has 1 fully saturated rings. The van der Waals surface area contributed by atoms with Crippen molar-refractivity contribution in [3.05, 3.63) is 30.5 Å². The molecule has 1 atom stereocenters. The van der Waals surface area contributed by atoms with Crippen molar-refractivity contribution < 1.29 is 0 Å². The molecule has 1 N–H and O–H groups in total. The van der Waals surface area contributed by atoms with Gasteiger partial charge in [0, 0.05) is 23.9 Å². The molecule has 1 aliphatic rings. The van der Waals surface area contributed by atoms with Crippen molar-refractivity contribution in [1.29, 1.82) is 0 Å². The number of hydrogen-bond acceptors (Lipinski definition) is 4. The molecule has 4 nitrogen and oxygen atoms in total. The van der Waals surface area contributed by atoms with Crippen LogP contribution in [0.25, 0.3) is 10.8 Å². The summed E-state index contributed by atoms with van der Waals surface area (Å²) >= 11 is 0. The van der Waals surface area contributed by atoms with Crippen LogP contribution in [0.15, 0.2) is 30.5 Å². The van der Waals surface area contributed by atoms with Crippen LogP contribution >= 0.6 is 0 Å². The fraction of sp³-hybridized carbons (Fsp3) is 0.429. The molecule has 0 amide bonds. The van der Waals surface area contributed by atoms with Gasteiger partial charge < -0.3 is 10.2 Å². The summed E-state index contributed by atoms with van der Waals surface area (Å²) in [5.74, 6) is 1.75. The van der Waals surface area contributed by atoms with Crippen molar-refractivity contribution in [3.63, 3.8) is 0 Å². The van der Waals surface area contributed by atoms with E-state index >= 15 is 0 Å². The van der Waals surface area contributed by atoms with Gasteiger partial charge in [-0.25, -0.2) is 0 Å². The van der Waals surface area contributed by atoms with E-state index in [1.54, 1.807) is 0 Å². The van der Waals surface area contributed by atoms with Crippen molar-refractivity contribution in [1.82, 2.24) is 15.5 Å². The predicted octanol–water partition coefficient (Wildman–Crippen LogP) is 1.68. The summed E-state index contributed by atoms with van der Waals surface area (Å²) in [7, 11) is 2.01. The third-order valence-electron chi connectivity index (χ3n) is 3.63. The summed E-state index contributed by atoms with van der Waals surface area (Å²) in [6.07, 6.45) is 3.06. The SMILES string of the molecule is CNCC1CCN(c2nncc3ccccc23)C1. The number of benzene rings is 1. The second-order valence-corrected chi connectivity index (χ2v) is 4.91. The molecule has 0 bridgehead atoms. The molecule has 1 aromatic heterocycles. The van der Waals surface area contributed by atoms with Crippen LogP contribution in [0.2, 0.25) is 0 Å². The molecule has 3 rings (SSSR count). The van der Waals surface area contributed by atoms with Crippen molar-refractivity contribution in [2.45, 2.75) is 6.42 Å². The van der Waals surface area contributed by atoms with Crippen molar-refractivity contribution >= 4 is 16.6 Å².